The van der Waals surface area contributed by atoms with Gasteiger partial charge >= 0.3 is 0 Å². The summed E-state index contributed by atoms with van der Waals surface area (Å²) in [5, 5.41) is 10.2. The highest BCUT2D eigenvalue weighted by molar-refractivity contribution is 5.58. The molecular weight excluding hydrogens is 217 g/mol. The number of piperidine rings is 1. The zero-order chi connectivity index (χ0) is 11.9. The Morgan fingerprint density at radius 3 is 2.47 bits per heavy atom. The Morgan fingerprint density at radius 2 is 1.82 bits per heavy atom. The summed E-state index contributed by atoms with van der Waals surface area (Å²) < 4.78 is 13.3. The molecule has 0 radical (unpaired) electrons. The highest BCUT2D eigenvalue weighted by atomic mass is 19.1. The second-order valence-electron chi connectivity index (χ2n) is 5.24. The number of hydrogen-bond donors (Lipinski definition) is 1. The first-order chi connectivity index (χ1) is 8.19. The maximum Gasteiger partial charge on any atom is 0.123 e. The molecule has 0 bridgehead atoms. The molecule has 2 aliphatic rings. The predicted molar refractivity (Wildman–Crippen MR) is 65.6 cm³/mol. The van der Waals surface area contributed by atoms with Crippen molar-refractivity contribution in [2.75, 3.05) is 18.0 Å². The molecule has 17 heavy (non-hydrogen) atoms. The van der Waals surface area contributed by atoms with Gasteiger partial charge in [0.25, 0.3) is 0 Å². The number of hydrogen-bond acceptors (Lipinski definition) is 2. The lowest BCUT2D eigenvalue weighted by molar-refractivity contribution is 0.151. The minimum atomic E-state index is -0.755. The lowest BCUT2D eigenvalue weighted by Crippen LogP contribution is -2.31. The van der Waals surface area contributed by atoms with Crippen LogP contribution in [-0.2, 0) is 5.60 Å². The normalized spacial score (nSPS) is 22.6. The van der Waals surface area contributed by atoms with E-state index in [1.807, 2.05) is 6.07 Å². The van der Waals surface area contributed by atoms with E-state index in [0.29, 0.717) is 0 Å². The smallest absolute Gasteiger partial charge is 0.123 e. The summed E-state index contributed by atoms with van der Waals surface area (Å²) in [4.78, 5) is 2.29. The van der Waals surface area contributed by atoms with Gasteiger partial charge in [-0.05, 0) is 50.3 Å². The fraction of sp³-hybridized carbons (Fsp3) is 0.571. The van der Waals surface area contributed by atoms with Crippen molar-refractivity contribution in [1.82, 2.24) is 0 Å². The van der Waals surface area contributed by atoms with Crippen LogP contribution >= 0.6 is 0 Å². The van der Waals surface area contributed by atoms with Gasteiger partial charge in [0.05, 0.1) is 5.60 Å². The lowest BCUT2D eigenvalue weighted by Gasteiger charge is -2.31. The number of aliphatic hydroxyl groups is 1. The maximum absolute atomic E-state index is 13.3. The molecule has 1 N–H and O–H groups in total. The molecule has 1 saturated heterocycles. The number of benzene rings is 1. The van der Waals surface area contributed by atoms with E-state index in [1.165, 1.54) is 31.4 Å². The second-order valence-corrected chi connectivity index (χ2v) is 5.24. The largest absolute Gasteiger partial charge is 0.385 e. The zero-order valence-corrected chi connectivity index (χ0v) is 9.95. The third kappa shape index (κ3) is 2.04. The van der Waals surface area contributed by atoms with Crippen LogP contribution in [0.25, 0.3) is 0 Å². The standard InChI is InChI=1S/C14H18FNO/c15-11-4-5-13(16-8-2-1-3-9-16)12(10-11)14(17)6-7-14/h4-5,10,17H,1-3,6-9H2. The molecule has 3 rings (SSSR count). The van der Waals surface area contributed by atoms with E-state index in [9.17, 15) is 9.50 Å². The summed E-state index contributed by atoms with van der Waals surface area (Å²) in [6.45, 7) is 2.05. The van der Waals surface area contributed by atoms with Crippen LogP contribution in [0.4, 0.5) is 10.1 Å². The topological polar surface area (TPSA) is 23.5 Å². The highest BCUT2D eigenvalue weighted by Crippen LogP contribution is 2.49. The summed E-state index contributed by atoms with van der Waals surface area (Å²) in [5.74, 6) is -0.249. The van der Waals surface area contributed by atoms with Crippen LogP contribution in [0.15, 0.2) is 18.2 Å². The number of rotatable bonds is 2. The SMILES string of the molecule is OC1(c2cc(F)ccc2N2CCCCC2)CC1. The summed E-state index contributed by atoms with van der Waals surface area (Å²) >= 11 is 0. The van der Waals surface area contributed by atoms with Crippen molar-refractivity contribution < 1.29 is 9.50 Å². The third-order valence-corrected chi connectivity index (χ3v) is 3.88. The van der Waals surface area contributed by atoms with Crippen molar-refractivity contribution in [2.24, 2.45) is 0 Å². The van der Waals surface area contributed by atoms with E-state index in [0.717, 1.165) is 37.2 Å². The van der Waals surface area contributed by atoms with Crippen LogP contribution in [0.3, 0.4) is 0 Å². The van der Waals surface area contributed by atoms with Crippen LogP contribution in [0.5, 0.6) is 0 Å². The van der Waals surface area contributed by atoms with Crippen molar-refractivity contribution in [2.45, 2.75) is 37.7 Å². The number of halogens is 1. The molecular formula is C14H18FNO. The zero-order valence-electron chi connectivity index (χ0n) is 9.95. The van der Waals surface area contributed by atoms with E-state index < -0.39 is 5.60 Å². The average molecular weight is 235 g/mol. The monoisotopic (exact) mass is 235 g/mol. The van der Waals surface area contributed by atoms with Gasteiger partial charge in [0, 0.05) is 24.3 Å². The fourth-order valence-corrected chi connectivity index (χ4v) is 2.68. The minimum Gasteiger partial charge on any atom is -0.385 e. The first kappa shape index (κ1) is 11.0. The molecule has 0 unspecified atom stereocenters. The van der Waals surface area contributed by atoms with Crippen molar-refractivity contribution in [1.29, 1.82) is 0 Å². The minimum absolute atomic E-state index is 0.249. The van der Waals surface area contributed by atoms with Gasteiger partial charge in [0.2, 0.25) is 0 Å². The molecule has 2 fully saturated rings. The van der Waals surface area contributed by atoms with Crippen molar-refractivity contribution in [3.05, 3.63) is 29.6 Å². The molecule has 1 aliphatic carbocycles. The Balaban J connectivity index is 1.97. The van der Waals surface area contributed by atoms with Gasteiger partial charge in [0.1, 0.15) is 5.82 Å². The summed E-state index contributed by atoms with van der Waals surface area (Å²) in [6.07, 6.45) is 5.18. The number of anilines is 1. The molecule has 1 aromatic rings. The van der Waals surface area contributed by atoms with Crippen LogP contribution in [0, 0.1) is 5.82 Å². The van der Waals surface area contributed by atoms with Gasteiger partial charge in [-0.15, -0.1) is 0 Å². The van der Waals surface area contributed by atoms with Crippen LogP contribution in [0.1, 0.15) is 37.7 Å². The van der Waals surface area contributed by atoms with Crippen LogP contribution < -0.4 is 4.90 Å². The van der Waals surface area contributed by atoms with Gasteiger partial charge < -0.3 is 10.0 Å². The van der Waals surface area contributed by atoms with E-state index in [1.54, 1.807) is 0 Å². The van der Waals surface area contributed by atoms with E-state index in [-0.39, 0.29) is 5.82 Å². The predicted octanol–water partition coefficient (Wildman–Crippen LogP) is 2.80. The molecule has 0 spiro atoms. The summed E-state index contributed by atoms with van der Waals surface area (Å²) in [6, 6.07) is 4.84. The van der Waals surface area contributed by atoms with E-state index >= 15 is 0 Å². The average Bonchev–Trinajstić information content (AvgIpc) is 3.10. The fourth-order valence-electron chi connectivity index (χ4n) is 2.68. The van der Waals surface area contributed by atoms with Crippen LogP contribution in [0.2, 0.25) is 0 Å². The molecule has 1 saturated carbocycles. The molecule has 92 valence electrons. The van der Waals surface area contributed by atoms with Gasteiger partial charge in [-0.2, -0.15) is 0 Å². The Labute approximate surface area is 101 Å². The molecule has 0 amide bonds. The van der Waals surface area contributed by atoms with Crippen molar-refractivity contribution >= 4 is 5.69 Å². The first-order valence-electron chi connectivity index (χ1n) is 6.46. The highest BCUT2D eigenvalue weighted by Gasteiger charge is 2.44. The Kier molecular flexibility index (Phi) is 2.58. The second kappa shape index (κ2) is 3.98. The van der Waals surface area contributed by atoms with Gasteiger partial charge in [-0.1, -0.05) is 0 Å². The molecule has 0 aromatic heterocycles. The van der Waals surface area contributed by atoms with E-state index in [4.69, 9.17) is 0 Å². The molecule has 1 aliphatic heterocycles. The van der Waals surface area contributed by atoms with Crippen molar-refractivity contribution in [3.8, 4) is 0 Å². The molecule has 0 atom stereocenters. The lowest BCUT2D eigenvalue weighted by atomic mass is 10.0. The third-order valence-electron chi connectivity index (χ3n) is 3.88. The Hall–Kier alpha value is -1.09. The van der Waals surface area contributed by atoms with Crippen molar-refractivity contribution in [3.63, 3.8) is 0 Å². The van der Waals surface area contributed by atoms with E-state index in [2.05, 4.69) is 4.90 Å². The molecule has 1 heterocycles. The summed E-state index contributed by atoms with van der Waals surface area (Å²) in [5.41, 5.74) is 1.07. The van der Waals surface area contributed by atoms with Gasteiger partial charge in [-0.3, -0.25) is 0 Å². The molecule has 2 nitrogen and oxygen atoms in total. The molecule has 3 heteroatoms. The Morgan fingerprint density at radius 1 is 1.12 bits per heavy atom. The van der Waals surface area contributed by atoms with Gasteiger partial charge in [-0.25, -0.2) is 4.39 Å². The first-order valence-corrected chi connectivity index (χ1v) is 6.46. The maximum atomic E-state index is 13.3. The summed E-state index contributed by atoms with van der Waals surface area (Å²) in [7, 11) is 0. The van der Waals surface area contributed by atoms with Crippen LogP contribution in [-0.4, -0.2) is 18.2 Å². The Bertz CT molecular complexity index is 422. The van der Waals surface area contributed by atoms with Gasteiger partial charge in [0.15, 0.2) is 0 Å². The molecule has 1 aromatic carbocycles. The quantitative estimate of drug-likeness (QED) is 0.852. The number of nitrogens with zero attached hydrogens (tertiary/aromatic N) is 1.